The van der Waals surface area contributed by atoms with Gasteiger partial charge in [-0.25, -0.2) is 23.0 Å². The van der Waals surface area contributed by atoms with Crippen LogP contribution in [0, 0.1) is 17.6 Å². The molecule has 4 atom stereocenters. The number of ether oxygens (including phenoxy) is 3. The van der Waals surface area contributed by atoms with Gasteiger partial charge in [0.15, 0.2) is 6.10 Å². The molecule has 2 aromatic carbocycles. The summed E-state index contributed by atoms with van der Waals surface area (Å²) in [6, 6.07) is 6.76. The minimum atomic E-state index is -2.48. The lowest BCUT2D eigenvalue weighted by Crippen LogP contribution is -2.33. The maximum atomic E-state index is 15.1. The summed E-state index contributed by atoms with van der Waals surface area (Å²) in [6.45, 7) is 3.02. The molecule has 2 fully saturated rings. The number of nitrogens with one attached hydrogen (secondary N) is 1. The Kier molecular flexibility index (Phi) is 6.32. The van der Waals surface area contributed by atoms with Gasteiger partial charge in [-0.1, -0.05) is 6.92 Å². The van der Waals surface area contributed by atoms with Crippen molar-refractivity contribution in [2.45, 2.75) is 31.7 Å². The van der Waals surface area contributed by atoms with Gasteiger partial charge in [0.05, 0.1) is 41.6 Å². The monoisotopic (exact) mass is 504 g/mol. The number of benzene rings is 2. The fourth-order valence-corrected chi connectivity index (χ4v) is 5.12. The second-order valence-electron chi connectivity index (χ2n) is 9.00. The van der Waals surface area contributed by atoms with Crippen LogP contribution in [0.15, 0.2) is 41.0 Å². The van der Waals surface area contributed by atoms with Gasteiger partial charge in [0.1, 0.15) is 35.6 Å². The Labute approximate surface area is 202 Å². The van der Waals surface area contributed by atoms with Crippen LogP contribution < -0.4 is 10.1 Å². The molecule has 3 aromatic rings. The normalized spacial score (nSPS) is 23.9. The zero-order valence-corrected chi connectivity index (χ0v) is 20.4. The topological polar surface area (TPSA) is 94.9 Å². The first-order valence-corrected chi connectivity index (χ1v) is 13.6. The van der Waals surface area contributed by atoms with E-state index in [1.807, 2.05) is 0 Å². The number of hydrogen-bond donors (Lipinski definition) is 1. The van der Waals surface area contributed by atoms with Gasteiger partial charge in [0.2, 0.25) is 0 Å². The maximum absolute atomic E-state index is 15.1. The van der Waals surface area contributed by atoms with E-state index in [4.69, 9.17) is 14.2 Å². The van der Waals surface area contributed by atoms with Gasteiger partial charge in [0, 0.05) is 40.3 Å². The van der Waals surface area contributed by atoms with E-state index in [2.05, 4.69) is 26.6 Å². The van der Waals surface area contributed by atoms with Crippen molar-refractivity contribution >= 4 is 37.8 Å². The summed E-state index contributed by atoms with van der Waals surface area (Å²) in [5.74, 6) is -0.396. The van der Waals surface area contributed by atoms with Crippen molar-refractivity contribution in [2.75, 3.05) is 31.0 Å². The van der Waals surface area contributed by atoms with Crippen LogP contribution in [-0.4, -0.2) is 58.2 Å². The first-order chi connectivity index (χ1) is 16.7. The summed E-state index contributed by atoms with van der Waals surface area (Å²) >= 11 is 0. The van der Waals surface area contributed by atoms with Gasteiger partial charge in [-0.05, 0) is 24.6 Å². The Morgan fingerprint density at radius 3 is 2.71 bits per heavy atom. The van der Waals surface area contributed by atoms with E-state index in [-0.39, 0.29) is 40.4 Å². The molecule has 2 saturated heterocycles. The molecule has 0 saturated carbocycles. The average Bonchev–Trinajstić information content (AvgIpc) is 3.37. The number of nitrogens with zero attached hydrogens (tertiary/aromatic N) is 3. The fourth-order valence-electron chi connectivity index (χ4n) is 4.51. The highest BCUT2D eigenvalue weighted by molar-refractivity contribution is 7.92. The summed E-state index contributed by atoms with van der Waals surface area (Å²) in [6.07, 6.45) is 4.47. The Balaban J connectivity index is 1.46. The molecule has 11 heteroatoms. The molecule has 0 spiro atoms. The lowest BCUT2D eigenvalue weighted by atomic mass is 9.99. The quantitative estimate of drug-likeness (QED) is 0.525. The van der Waals surface area contributed by atoms with Crippen LogP contribution in [0.1, 0.15) is 13.3 Å². The molecule has 0 bridgehead atoms. The Morgan fingerprint density at radius 1 is 1.14 bits per heavy atom. The molecule has 0 radical (unpaired) electrons. The SMILES string of the molecule is CC[C@@H]1CO[C@H]2[C@@H]1OC[C@H]2Oc1cc(F)ccc1Nc1ncnc2cc(N=S(C)(C)=O)cc(F)c12. The van der Waals surface area contributed by atoms with Gasteiger partial charge >= 0.3 is 0 Å². The molecule has 3 heterocycles. The third-order valence-electron chi connectivity index (χ3n) is 6.11. The standard InChI is InChI=1S/C24H26F2N4O4S/c1-4-13-10-32-23-20(11-33-22(13)23)34-19-7-14(25)5-6-17(19)29-24-21-16(26)8-15(30-35(2,3)31)9-18(21)27-12-28-24/h5-9,12-13,20,22-23H,4,10-11H2,1-3H3,(H,27,28,29)/t13-,20-,22-,23-/m1/s1. The molecule has 0 amide bonds. The lowest BCUT2D eigenvalue weighted by Gasteiger charge is -2.21. The summed E-state index contributed by atoms with van der Waals surface area (Å²) in [7, 11) is -2.48. The molecule has 0 aliphatic carbocycles. The molecular formula is C24H26F2N4O4S. The molecule has 8 nitrogen and oxygen atoms in total. The van der Waals surface area contributed by atoms with Crippen LogP contribution in [0.4, 0.5) is 26.0 Å². The second kappa shape index (κ2) is 9.29. The third kappa shape index (κ3) is 4.93. The molecule has 2 aliphatic heterocycles. The molecule has 1 N–H and O–H groups in total. The molecular weight excluding hydrogens is 478 g/mol. The zero-order valence-electron chi connectivity index (χ0n) is 19.5. The third-order valence-corrected chi connectivity index (χ3v) is 6.76. The fraction of sp³-hybridized carbons (Fsp3) is 0.417. The van der Waals surface area contributed by atoms with Crippen LogP contribution in [-0.2, 0) is 19.2 Å². The number of rotatable bonds is 6. The number of hydrogen-bond acceptors (Lipinski definition) is 8. The summed E-state index contributed by atoms with van der Waals surface area (Å²) in [5.41, 5.74) is 0.905. The van der Waals surface area contributed by atoms with E-state index in [0.717, 1.165) is 6.42 Å². The van der Waals surface area contributed by atoms with Crippen LogP contribution in [0.3, 0.4) is 0 Å². The minimum Gasteiger partial charge on any atom is -0.483 e. The van der Waals surface area contributed by atoms with E-state index in [1.165, 1.54) is 49.2 Å². The second-order valence-corrected chi connectivity index (χ2v) is 11.5. The molecule has 5 rings (SSSR count). The van der Waals surface area contributed by atoms with Gasteiger partial charge < -0.3 is 19.5 Å². The average molecular weight is 505 g/mol. The molecule has 35 heavy (non-hydrogen) atoms. The van der Waals surface area contributed by atoms with Gasteiger partial charge in [0.25, 0.3) is 0 Å². The summed E-state index contributed by atoms with van der Waals surface area (Å²) in [5, 5.41) is 3.17. The van der Waals surface area contributed by atoms with Crippen molar-refractivity contribution in [2.24, 2.45) is 10.3 Å². The lowest BCUT2D eigenvalue weighted by molar-refractivity contribution is 0.0297. The van der Waals surface area contributed by atoms with Crippen molar-refractivity contribution < 1.29 is 27.2 Å². The largest absolute Gasteiger partial charge is 0.483 e. The first kappa shape index (κ1) is 23.8. The highest BCUT2D eigenvalue weighted by Crippen LogP contribution is 2.38. The van der Waals surface area contributed by atoms with E-state index < -0.39 is 27.5 Å². The van der Waals surface area contributed by atoms with Gasteiger partial charge in [-0.15, -0.1) is 0 Å². The minimum absolute atomic E-state index is 0.0459. The van der Waals surface area contributed by atoms with E-state index in [1.54, 1.807) is 0 Å². The highest BCUT2D eigenvalue weighted by Gasteiger charge is 2.48. The zero-order chi connectivity index (χ0) is 24.7. The van der Waals surface area contributed by atoms with Crippen molar-refractivity contribution in [1.29, 1.82) is 0 Å². The molecule has 1 aromatic heterocycles. The summed E-state index contributed by atoms with van der Waals surface area (Å²) < 4.78 is 63.3. The smallest absolute Gasteiger partial charge is 0.151 e. The number of fused-ring (bicyclic) bond motifs is 2. The van der Waals surface area contributed by atoms with Crippen LogP contribution in [0.5, 0.6) is 5.75 Å². The Morgan fingerprint density at radius 2 is 1.94 bits per heavy atom. The van der Waals surface area contributed by atoms with Crippen LogP contribution in [0.2, 0.25) is 0 Å². The number of anilines is 2. The maximum Gasteiger partial charge on any atom is 0.151 e. The predicted molar refractivity (Wildman–Crippen MR) is 129 cm³/mol. The number of aromatic nitrogens is 2. The molecule has 186 valence electrons. The van der Waals surface area contributed by atoms with E-state index >= 15 is 4.39 Å². The number of halogens is 2. The van der Waals surface area contributed by atoms with Crippen LogP contribution >= 0.6 is 0 Å². The van der Waals surface area contributed by atoms with E-state index in [0.29, 0.717) is 24.8 Å². The van der Waals surface area contributed by atoms with Crippen molar-refractivity contribution in [1.82, 2.24) is 9.97 Å². The predicted octanol–water partition coefficient (Wildman–Crippen LogP) is 4.58. The van der Waals surface area contributed by atoms with Crippen molar-refractivity contribution in [3.63, 3.8) is 0 Å². The van der Waals surface area contributed by atoms with Gasteiger partial charge in [-0.3, -0.25) is 0 Å². The Bertz CT molecular complexity index is 1390. The molecule has 2 aliphatic rings. The Hall–Kier alpha value is -2.89. The first-order valence-electron chi connectivity index (χ1n) is 11.3. The summed E-state index contributed by atoms with van der Waals surface area (Å²) in [4.78, 5) is 8.33. The van der Waals surface area contributed by atoms with Crippen molar-refractivity contribution in [3.8, 4) is 5.75 Å². The van der Waals surface area contributed by atoms with Crippen molar-refractivity contribution in [3.05, 3.63) is 48.3 Å². The highest BCUT2D eigenvalue weighted by atomic mass is 32.2. The molecule has 0 unspecified atom stereocenters. The van der Waals surface area contributed by atoms with Crippen LogP contribution in [0.25, 0.3) is 10.9 Å². The van der Waals surface area contributed by atoms with E-state index in [9.17, 15) is 8.60 Å². The van der Waals surface area contributed by atoms with Gasteiger partial charge in [-0.2, -0.15) is 4.36 Å².